The summed E-state index contributed by atoms with van der Waals surface area (Å²) in [5.74, 6) is 0.295. The Labute approximate surface area is 152 Å². The number of hydrogen-bond donors (Lipinski definition) is 2. The number of halogens is 1. The molecular formula is C18H19ClN4O2. The van der Waals surface area contributed by atoms with Gasteiger partial charge in [0.15, 0.2) is 6.04 Å². The first-order valence-electron chi connectivity index (χ1n) is 7.76. The molecule has 0 radical (unpaired) electrons. The Hall–Kier alpha value is -2.86. The van der Waals surface area contributed by atoms with Crippen LogP contribution in [-0.2, 0) is 6.42 Å². The molecule has 0 fully saturated rings. The molecule has 3 rings (SSSR count). The summed E-state index contributed by atoms with van der Waals surface area (Å²) in [5, 5.41) is 9.32. The van der Waals surface area contributed by atoms with Gasteiger partial charge in [-0.3, -0.25) is 9.84 Å². The molecule has 0 saturated heterocycles. The van der Waals surface area contributed by atoms with Crippen LogP contribution in [0.1, 0.15) is 18.5 Å². The summed E-state index contributed by atoms with van der Waals surface area (Å²) in [5.41, 5.74) is 1.93. The first kappa shape index (κ1) is 18.5. The van der Waals surface area contributed by atoms with Crippen LogP contribution in [0.3, 0.4) is 0 Å². The summed E-state index contributed by atoms with van der Waals surface area (Å²) < 4.78 is 6.87. The summed E-state index contributed by atoms with van der Waals surface area (Å²) in [7, 11) is 0. The number of amides is 2. The van der Waals surface area contributed by atoms with Crippen molar-refractivity contribution in [1.29, 1.82) is 0 Å². The van der Waals surface area contributed by atoms with Crippen molar-refractivity contribution in [1.82, 2.24) is 5.27 Å². The van der Waals surface area contributed by atoms with Gasteiger partial charge in [0.1, 0.15) is 0 Å². The maximum Gasteiger partial charge on any atom is 0.326 e. The zero-order chi connectivity index (χ0) is 16.8. The van der Waals surface area contributed by atoms with Crippen LogP contribution in [0.4, 0.5) is 16.4 Å². The van der Waals surface area contributed by atoms with Gasteiger partial charge >= 0.3 is 11.9 Å². The van der Waals surface area contributed by atoms with Crippen molar-refractivity contribution in [2.45, 2.75) is 19.4 Å². The molecule has 1 heterocycles. The van der Waals surface area contributed by atoms with E-state index in [9.17, 15) is 4.79 Å². The Morgan fingerprint density at radius 3 is 2.40 bits per heavy atom. The van der Waals surface area contributed by atoms with E-state index >= 15 is 0 Å². The molecule has 0 aliphatic heterocycles. The minimum Gasteiger partial charge on any atom is -1.00 e. The second-order valence-electron chi connectivity index (χ2n) is 5.53. The normalized spacial score (nSPS) is 11.2. The molecule has 7 heteroatoms. The molecule has 25 heavy (non-hydrogen) atoms. The quantitative estimate of drug-likeness (QED) is 0.649. The van der Waals surface area contributed by atoms with Crippen molar-refractivity contribution >= 4 is 17.6 Å². The first-order chi connectivity index (χ1) is 11.7. The van der Waals surface area contributed by atoms with Crippen molar-refractivity contribution < 1.29 is 26.4 Å². The van der Waals surface area contributed by atoms with Crippen LogP contribution in [0, 0.1) is 0 Å². The molecule has 2 aromatic carbocycles. The average Bonchev–Trinajstić information content (AvgIpc) is 3.05. The zero-order valence-corrected chi connectivity index (χ0v) is 14.5. The number of benzene rings is 2. The van der Waals surface area contributed by atoms with Crippen LogP contribution >= 0.6 is 0 Å². The fraction of sp³-hybridized carbons (Fsp3) is 0.167. The van der Waals surface area contributed by atoms with Crippen LogP contribution < -0.4 is 27.7 Å². The van der Waals surface area contributed by atoms with Crippen LogP contribution in [-0.4, -0.2) is 11.3 Å². The Morgan fingerprint density at radius 2 is 1.72 bits per heavy atom. The third kappa shape index (κ3) is 5.32. The Balaban J connectivity index is 0.00000225. The van der Waals surface area contributed by atoms with Gasteiger partial charge in [-0.05, 0) is 22.4 Å². The van der Waals surface area contributed by atoms with Gasteiger partial charge < -0.3 is 17.7 Å². The van der Waals surface area contributed by atoms with Crippen LogP contribution in [0.25, 0.3) is 0 Å². The number of hydrogen-bond acceptors (Lipinski definition) is 3. The number of rotatable bonds is 5. The van der Waals surface area contributed by atoms with Gasteiger partial charge in [0.25, 0.3) is 6.20 Å². The van der Waals surface area contributed by atoms with Gasteiger partial charge in [0.2, 0.25) is 5.27 Å². The number of anilines is 2. The summed E-state index contributed by atoms with van der Waals surface area (Å²) in [6, 6.07) is 19.1. The minimum absolute atomic E-state index is 0. The molecule has 0 bridgehead atoms. The largest absolute Gasteiger partial charge is 1.00 e. The summed E-state index contributed by atoms with van der Waals surface area (Å²) in [6.07, 6.45) is 2.51. The molecule has 1 aromatic heterocycles. The minimum atomic E-state index is -0.375. The predicted molar refractivity (Wildman–Crippen MR) is 90.6 cm³/mol. The summed E-state index contributed by atoms with van der Waals surface area (Å²) in [4.78, 5) is 11.9. The van der Waals surface area contributed by atoms with Crippen molar-refractivity contribution in [3.63, 3.8) is 0 Å². The summed E-state index contributed by atoms with van der Waals surface area (Å²) in [6.45, 7) is 2.04. The molecule has 0 aliphatic rings. The molecule has 2 N–H and O–H groups in total. The molecule has 0 saturated carbocycles. The highest BCUT2D eigenvalue weighted by Gasteiger charge is 2.20. The Bertz CT molecular complexity index is 793. The van der Waals surface area contributed by atoms with E-state index in [0.717, 1.165) is 6.42 Å². The lowest BCUT2D eigenvalue weighted by atomic mass is 10.1. The summed E-state index contributed by atoms with van der Waals surface area (Å²) >= 11 is 0. The predicted octanol–water partition coefficient (Wildman–Crippen LogP) is 0.414. The lowest BCUT2D eigenvalue weighted by Crippen LogP contribution is -3.00. The van der Waals surface area contributed by atoms with Gasteiger partial charge in [-0.25, -0.2) is 4.79 Å². The number of aromatic nitrogens is 2. The second kappa shape index (κ2) is 8.84. The van der Waals surface area contributed by atoms with Gasteiger partial charge in [-0.15, -0.1) is 0 Å². The van der Waals surface area contributed by atoms with E-state index in [4.69, 9.17) is 4.52 Å². The van der Waals surface area contributed by atoms with Gasteiger partial charge in [-0.1, -0.05) is 48.5 Å². The highest BCUT2D eigenvalue weighted by Crippen LogP contribution is 2.10. The molecule has 0 spiro atoms. The second-order valence-corrected chi connectivity index (χ2v) is 5.53. The lowest BCUT2D eigenvalue weighted by molar-refractivity contribution is -0.782. The fourth-order valence-electron chi connectivity index (χ4n) is 2.37. The average molecular weight is 359 g/mol. The van der Waals surface area contributed by atoms with Crippen LogP contribution in [0.15, 0.2) is 71.4 Å². The maximum absolute atomic E-state index is 11.9. The molecule has 0 unspecified atom stereocenters. The number of carbonyl (C=O) groups excluding carboxylic acids is 1. The van der Waals surface area contributed by atoms with Crippen molar-refractivity contribution in [3.8, 4) is 0 Å². The smallest absolute Gasteiger partial charge is 0.326 e. The molecular weight excluding hydrogens is 340 g/mol. The van der Waals surface area contributed by atoms with Gasteiger partial charge in [0.05, 0.1) is 0 Å². The molecule has 6 nitrogen and oxygen atoms in total. The van der Waals surface area contributed by atoms with Gasteiger partial charge in [-0.2, -0.15) is 0 Å². The van der Waals surface area contributed by atoms with E-state index in [2.05, 4.69) is 28.0 Å². The molecule has 1 atom stereocenters. The van der Waals surface area contributed by atoms with E-state index < -0.39 is 0 Å². The third-order valence-corrected chi connectivity index (χ3v) is 3.58. The molecule has 3 aromatic rings. The molecule has 2 amide bonds. The van der Waals surface area contributed by atoms with Crippen molar-refractivity contribution in [2.75, 3.05) is 10.6 Å². The third-order valence-electron chi connectivity index (χ3n) is 3.58. The lowest BCUT2D eigenvalue weighted by Gasteiger charge is -2.03. The number of urea groups is 1. The first-order valence-corrected chi connectivity index (χ1v) is 7.76. The number of nitrogens with one attached hydrogen (secondary N) is 2. The standard InChI is InChI=1S/C18H18N4O2.ClH/c1-14(12-15-8-4-2-5-9-15)22-13-17(24-21-22)20-18(23)19-16-10-6-3-7-11-16;/h2-11,13-14H,12H2,1H3,(H-,19,20,21,23);1H/t14-;/m1./s1. The Kier molecular flexibility index (Phi) is 6.54. The number of carbonyl (C=O) groups is 1. The van der Waals surface area contributed by atoms with Crippen molar-refractivity contribution in [2.24, 2.45) is 0 Å². The van der Waals surface area contributed by atoms with Crippen LogP contribution in [0.5, 0.6) is 0 Å². The monoisotopic (exact) mass is 358 g/mol. The van der Waals surface area contributed by atoms with E-state index in [1.165, 1.54) is 5.56 Å². The number of nitrogens with zero attached hydrogens (tertiary/aromatic N) is 2. The van der Waals surface area contributed by atoms with E-state index in [1.807, 2.05) is 55.5 Å². The molecule has 130 valence electrons. The Morgan fingerprint density at radius 1 is 1.08 bits per heavy atom. The van der Waals surface area contributed by atoms with E-state index in [0.29, 0.717) is 11.6 Å². The van der Waals surface area contributed by atoms with Gasteiger partial charge in [0, 0.05) is 19.0 Å². The number of para-hydroxylation sites is 1. The maximum atomic E-state index is 11.9. The SMILES string of the molecule is C[C@H](Cc1ccccc1)[n+]1cc(NC(=O)Nc2ccccc2)on1.[Cl-]. The van der Waals surface area contributed by atoms with E-state index in [-0.39, 0.29) is 24.5 Å². The van der Waals surface area contributed by atoms with Crippen molar-refractivity contribution in [3.05, 3.63) is 72.4 Å². The topological polar surface area (TPSA) is 71.0 Å². The zero-order valence-electron chi connectivity index (χ0n) is 13.7. The fourth-order valence-corrected chi connectivity index (χ4v) is 2.37. The van der Waals surface area contributed by atoms with E-state index in [1.54, 1.807) is 10.9 Å². The highest BCUT2D eigenvalue weighted by molar-refractivity contribution is 5.98. The van der Waals surface area contributed by atoms with Crippen LogP contribution in [0.2, 0.25) is 0 Å². The highest BCUT2D eigenvalue weighted by atomic mass is 35.5. The molecule has 0 aliphatic carbocycles.